The molecule has 23 heavy (non-hydrogen) atoms. The molecule has 1 amide bonds. The summed E-state index contributed by atoms with van der Waals surface area (Å²) in [5, 5.41) is 4.41. The summed E-state index contributed by atoms with van der Waals surface area (Å²) in [5.41, 5.74) is 3.71. The Morgan fingerprint density at radius 3 is 2.78 bits per heavy atom. The van der Waals surface area contributed by atoms with Gasteiger partial charge >= 0.3 is 0 Å². The highest BCUT2D eigenvalue weighted by molar-refractivity contribution is 6.32. The highest BCUT2D eigenvalue weighted by Gasteiger charge is 2.13. The maximum absolute atomic E-state index is 12.3. The summed E-state index contributed by atoms with van der Waals surface area (Å²) in [6.07, 6.45) is 0.305. The zero-order chi connectivity index (χ0) is 16.4. The first-order valence-corrected chi connectivity index (χ1v) is 7.66. The van der Waals surface area contributed by atoms with E-state index < -0.39 is 0 Å². The second-order valence-electron chi connectivity index (χ2n) is 5.35. The molecule has 4 nitrogen and oxygen atoms in total. The first-order valence-electron chi connectivity index (χ1n) is 7.28. The molecule has 0 saturated carbocycles. The van der Waals surface area contributed by atoms with Crippen molar-refractivity contribution in [3.8, 4) is 5.75 Å². The molecule has 5 heteroatoms. The van der Waals surface area contributed by atoms with Crippen LogP contribution in [0.4, 0.5) is 5.69 Å². The van der Waals surface area contributed by atoms with Gasteiger partial charge in [-0.3, -0.25) is 4.79 Å². The fraction of sp³-hybridized carbons (Fsp3) is 0.167. The van der Waals surface area contributed by atoms with E-state index in [1.165, 1.54) is 0 Å². The summed E-state index contributed by atoms with van der Waals surface area (Å²) in [6.45, 7) is 1.98. The third kappa shape index (κ3) is 3.17. The Labute approximate surface area is 139 Å². The number of methoxy groups -OCH3 is 1. The Morgan fingerprint density at radius 1 is 1.26 bits per heavy atom. The molecule has 0 aliphatic heterocycles. The van der Waals surface area contributed by atoms with E-state index in [-0.39, 0.29) is 5.91 Å². The van der Waals surface area contributed by atoms with Crippen molar-refractivity contribution >= 4 is 34.1 Å². The normalized spacial score (nSPS) is 10.7. The number of carbonyl (C=O) groups is 1. The van der Waals surface area contributed by atoms with Gasteiger partial charge in [0.15, 0.2) is 0 Å². The molecular formula is C18H17ClN2O2. The Balaban J connectivity index is 1.79. The number of fused-ring (bicyclic) bond motifs is 1. The van der Waals surface area contributed by atoms with Crippen LogP contribution in [-0.2, 0) is 11.2 Å². The van der Waals surface area contributed by atoms with Gasteiger partial charge in [0.25, 0.3) is 0 Å². The number of aryl methyl sites for hydroxylation is 1. The highest BCUT2D eigenvalue weighted by Crippen LogP contribution is 2.27. The van der Waals surface area contributed by atoms with E-state index in [0.717, 1.165) is 22.2 Å². The summed E-state index contributed by atoms with van der Waals surface area (Å²) < 4.78 is 5.11. The van der Waals surface area contributed by atoms with Crippen LogP contribution >= 0.6 is 11.6 Å². The van der Waals surface area contributed by atoms with Crippen molar-refractivity contribution in [2.45, 2.75) is 13.3 Å². The molecule has 0 spiro atoms. The molecule has 2 aromatic carbocycles. The van der Waals surface area contributed by atoms with Crippen LogP contribution in [0.2, 0.25) is 5.02 Å². The summed E-state index contributed by atoms with van der Waals surface area (Å²) >= 11 is 6.08. The Morgan fingerprint density at radius 2 is 2.04 bits per heavy atom. The fourth-order valence-electron chi connectivity index (χ4n) is 2.67. The minimum Gasteiger partial charge on any atom is -0.495 e. The van der Waals surface area contributed by atoms with Crippen molar-refractivity contribution in [1.82, 2.24) is 4.98 Å². The van der Waals surface area contributed by atoms with Crippen molar-refractivity contribution in [3.63, 3.8) is 0 Å². The smallest absolute Gasteiger partial charge is 0.228 e. The zero-order valence-corrected chi connectivity index (χ0v) is 13.7. The number of amides is 1. The van der Waals surface area contributed by atoms with Crippen molar-refractivity contribution in [3.05, 3.63) is 58.7 Å². The second kappa shape index (κ2) is 6.34. The quantitative estimate of drug-likeness (QED) is 0.749. The van der Waals surface area contributed by atoms with Crippen LogP contribution in [0.1, 0.15) is 11.3 Å². The molecule has 3 rings (SSSR count). The van der Waals surface area contributed by atoms with E-state index >= 15 is 0 Å². The van der Waals surface area contributed by atoms with E-state index in [4.69, 9.17) is 16.3 Å². The summed E-state index contributed by atoms with van der Waals surface area (Å²) in [6, 6.07) is 13.2. The lowest BCUT2D eigenvalue weighted by atomic mass is 10.1. The molecule has 0 bridgehead atoms. The zero-order valence-electron chi connectivity index (χ0n) is 12.9. The van der Waals surface area contributed by atoms with E-state index in [1.807, 2.05) is 31.2 Å². The van der Waals surface area contributed by atoms with Gasteiger partial charge in [-0.15, -0.1) is 0 Å². The maximum atomic E-state index is 12.3. The molecule has 3 aromatic rings. The number of anilines is 1. The van der Waals surface area contributed by atoms with Gasteiger partial charge in [-0.2, -0.15) is 0 Å². The molecule has 0 aliphatic carbocycles. The number of aromatic nitrogens is 1. The fourth-order valence-corrected chi connectivity index (χ4v) is 2.93. The van der Waals surface area contributed by atoms with Crippen molar-refractivity contribution in [2.75, 3.05) is 12.4 Å². The van der Waals surface area contributed by atoms with Gasteiger partial charge in [0, 0.05) is 22.3 Å². The molecular weight excluding hydrogens is 312 g/mol. The van der Waals surface area contributed by atoms with Gasteiger partial charge in [-0.1, -0.05) is 29.8 Å². The van der Waals surface area contributed by atoms with Gasteiger partial charge < -0.3 is 15.0 Å². The Kier molecular flexibility index (Phi) is 4.26. The molecule has 1 heterocycles. The first-order chi connectivity index (χ1) is 11.1. The predicted molar refractivity (Wildman–Crippen MR) is 93.4 cm³/mol. The molecule has 0 radical (unpaired) electrons. The molecule has 0 fully saturated rings. The number of ether oxygens (including phenoxy) is 1. The number of para-hydroxylation sites is 1. The van der Waals surface area contributed by atoms with E-state index in [9.17, 15) is 4.79 Å². The lowest BCUT2D eigenvalue weighted by Gasteiger charge is -2.08. The molecule has 0 atom stereocenters. The molecule has 118 valence electrons. The van der Waals surface area contributed by atoms with E-state index in [0.29, 0.717) is 22.9 Å². The predicted octanol–water partition coefficient (Wildman–Crippen LogP) is 4.32. The van der Waals surface area contributed by atoms with Gasteiger partial charge in [0.05, 0.1) is 18.6 Å². The number of hydrogen-bond donors (Lipinski definition) is 2. The van der Waals surface area contributed by atoms with Crippen LogP contribution in [0, 0.1) is 6.92 Å². The molecule has 0 unspecified atom stereocenters. The largest absolute Gasteiger partial charge is 0.495 e. The topological polar surface area (TPSA) is 54.1 Å². The van der Waals surface area contributed by atoms with Crippen LogP contribution in [0.15, 0.2) is 42.5 Å². The maximum Gasteiger partial charge on any atom is 0.228 e. The van der Waals surface area contributed by atoms with Crippen LogP contribution in [0.5, 0.6) is 5.75 Å². The third-order valence-electron chi connectivity index (χ3n) is 3.80. The number of rotatable bonds is 4. The van der Waals surface area contributed by atoms with Crippen LogP contribution in [0.3, 0.4) is 0 Å². The number of halogens is 1. The monoisotopic (exact) mass is 328 g/mol. The number of carbonyl (C=O) groups excluding carboxylic acids is 1. The van der Waals surface area contributed by atoms with Crippen LogP contribution < -0.4 is 10.1 Å². The van der Waals surface area contributed by atoms with Crippen LogP contribution in [-0.4, -0.2) is 18.0 Å². The lowest BCUT2D eigenvalue weighted by molar-refractivity contribution is -0.115. The number of nitrogens with one attached hydrogen (secondary N) is 2. The standard InChI is InChI=1S/C18H17ClN2O2/c1-11-14(13-5-3-4-6-16(13)20-11)10-18(22)21-12-7-8-17(23-2)15(19)9-12/h3-9,20H,10H2,1-2H3,(H,21,22). The average Bonchev–Trinajstić information content (AvgIpc) is 2.83. The molecule has 1 aromatic heterocycles. The number of benzene rings is 2. The summed E-state index contributed by atoms with van der Waals surface area (Å²) in [4.78, 5) is 15.6. The average molecular weight is 329 g/mol. The van der Waals surface area contributed by atoms with E-state index in [2.05, 4.69) is 10.3 Å². The molecule has 0 saturated heterocycles. The highest BCUT2D eigenvalue weighted by atomic mass is 35.5. The minimum atomic E-state index is -0.0842. The minimum absolute atomic E-state index is 0.0842. The van der Waals surface area contributed by atoms with Crippen LogP contribution in [0.25, 0.3) is 10.9 Å². The summed E-state index contributed by atoms with van der Waals surface area (Å²) in [7, 11) is 1.55. The van der Waals surface area contributed by atoms with Gasteiger partial charge in [-0.05, 0) is 36.8 Å². The van der Waals surface area contributed by atoms with Gasteiger partial charge in [0.1, 0.15) is 5.75 Å². The lowest BCUT2D eigenvalue weighted by Crippen LogP contribution is -2.14. The van der Waals surface area contributed by atoms with Crippen molar-refractivity contribution in [2.24, 2.45) is 0 Å². The Hall–Kier alpha value is -2.46. The SMILES string of the molecule is COc1ccc(NC(=O)Cc2c(C)[nH]c3ccccc23)cc1Cl. The molecule has 2 N–H and O–H groups in total. The first kappa shape index (κ1) is 15.4. The van der Waals surface area contributed by atoms with Crippen molar-refractivity contribution in [1.29, 1.82) is 0 Å². The van der Waals surface area contributed by atoms with Crippen molar-refractivity contribution < 1.29 is 9.53 Å². The third-order valence-corrected chi connectivity index (χ3v) is 4.10. The Bertz CT molecular complexity index is 871. The number of aromatic amines is 1. The summed E-state index contributed by atoms with van der Waals surface area (Å²) in [5.74, 6) is 0.497. The van der Waals surface area contributed by atoms with E-state index in [1.54, 1.807) is 25.3 Å². The molecule has 0 aliphatic rings. The second-order valence-corrected chi connectivity index (χ2v) is 5.76. The number of hydrogen-bond acceptors (Lipinski definition) is 2. The van der Waals surface area contributed by atoms with Gasteiger partial charge in [-0.25, -0.2) is 0 Å². The number of H-pyrrole nitrogens is 1. The van der Waals surface area contributed by atoms with Gasteiger partial charge in [0.2, 0.25) is 5.91 Å².